The molecule has 1 aromatic carbocycles. The summed E-state index contributed by atoms with van der Waals surface area (Å²) >= 11 is 6.33. The third-order valence-electron chi connectivity index (χ3n) is 3.91. The van der Waals surface area contributed by atoms with Crippen molar-refractivity contribution in [1.82, 2.24) is 4.90 Å². The van der Waals surface area contributed by atoms with E-state index in [9.17, 15) is 9.90 Å². The Morgan fingerprint density at radius 1 is 1.48 bits per heavy atom. The highest BCUT2D eigenvalue weighted by Crippen LogP contribution is 2.36. The van der Waals surface area contributed by atoms with Gasteiger partial charge in [0.25, 0.3) is 0 Å². The summed E-state index contributed by atoms with van der Waals surface area (Å²) in [7, 11) is 0. The Hall–Kier alpha value is -1.78. The van der Waals surface area contributed by atoms with Crippen molar-refractivity contribution in [2.45, 2.75) is 19.9 Å². The van der Waals surface area contributed by atoms with Gasteiger partial charge in [0.1, 0.15) is 11.3 Å². The molecular formula is C16H15ClNO3-. The van der Waals surface area contributed by atoms with Crippen LogP contribution in [0.5, 0.6) is 0 Å². The topological polar surface area (TPSA) is 56.5 Å². The lowest BCUT2D eigenvalue weighted by atomic mass is 10.0. The van der Waals surface area contributed by atoms with E-state index in [-0.39, 0.29) is 0 Å². The first-order chi connectivity index (χ1) is 10.1. The number of hydrogen-bond donors (Lipinski definition) is 0. The second-order valence-corrected chi connectivity index (χ2v) is 5.52. The van der Waals surface area contributed by atoms with Crippen LogP contribution >= 0.6 is 11.6 Å². The normalized spacial score (nSPS) is 15.7. The number of rotatable bonds is 3. The van der Waals surface area contributed by atoms with Gasteiger partial charge >= 0.3 is 0 Å². The number of carbonyl (C=O) groups is 1. The lowest BCUT2D eigenvalue weighted by Gasteiger charge is -2.17. The molecule has 0 saturated carbocycles. The predicted molar refractivity (Wildman–Crippen MR) is 79.9 cm³/mol. The molecule has 0 unspecified atom stereocenters. The third-order valence-corrected chi connectivity index (χ3v) is 4.27. The van der Waals surface area contributed by atoms with Crippen molar-refractivity contribution in [3.05, 3.63) is 40.1 Å². The molecule has 5 heteroatoms. The number of carbonyl (C=O) groups excluding carboxylic acids is 1. The summed E-state index contributed by atoms with van der Waals surface area (Å²) in [4.78, 5) is 12.9. The number of halogens is 1. The van der Waals surface area contributed by atoms with Gasteiger partial charge in [-0.1, -0.05) is 18.5 Å². The molecular weight excluding hydrogens is 290 g/mol. The van der Waals surface area contributed by atoms with Gasteiger partial charge in [-0.2, -0.15) is 0 Å². The number of likely N-dealkylation sites (N-methyl/N-ethyl adjacent to an activating group) is 1. The standard InChI is InChI=1S/C16H16ClNO3/c1-2-18-8-7-10-12(17)3-4-14-16(10)11(9-18)13(21-14)5-6-15(19)20/h3-6H,2,7-9H2,1H3,(H,19,20)/p-1/b6-5+. The number of carboxylic acid groups (broad SMARTS) is 1. The number of benzene rings is 1. The Bertz CT molecular complexity index is 733. The molecule has 0 bridgehead atoms. The zero-order valence-corrected chi connectivity index (χ0v) is 12.4. The Morgan fingerprint density at radius 2 is 2.29 bits per heavy atom. The average molecular weight is 305 g/mol. The zero-order valence-electron chi connectivity index (χ0n) is 11.7. The maximum atomic E-state index is 10.6. The Labute approximate surface area is 127 Å². The summed E-state index contributed by atoms with van der Waals surface area (Å²) in [5.74, 6) is -0.667. The van der Waals surface area contributed by atoms with E-state index in [2.05, 4.69) is 11.8 Å². The molecule has 0 radical (unpaired) electrons. The van der Waals surface area contributed by atoms with Gasteiger partial charge in [0.05, 0.1) is 5.97 Å². The van der Waals surface area contributed by atoms with Gasteiger partial charge in [-0.3, -0.25) is 4.90 Å². The van der Waals surface area contributed by atoms with Crippen LogP contribution in [-0.4, -0.2) is 24.0 Å². The Kier molecular flexibility index (Phi) is 3.74. The quantitative estimate of drug-likeness (QED) is 0.816. The summed E-state index contributed by atoms with van der Waals surface area (Å²) in [5, 5.41) is 12.4. The average Bonchev–Trinajstić information content (AvgIpc) is 2.67. The van der Waals surface area contributed by atoms with Crippen LogP contribution in [0.4, 0.5) is 0 Å². The maximum Gasteiger partial charge on any atom is 0.135 e. The second kappa shape index (κ2) is 5.54. The molecule has 0 spiro atoms. The molecule has 0 atom stereocenters. The van der Waals surface area contributed by atoms with E-state index < -0.39 is 5.97 Å². The van der Waals surface area contributed by atoms with Crippen LogP contribution in [0.3, 0.4) is 0 Å². The van der Waals surface area contributed by atoms with E-state index in [0.29, 0.717) is 5.76 Å². The van der Waals surface area contributed by atoms with Crippen LogP contribution < -0.4 is 5.11 Å². The molecule has 2 heterocycles. The molecule has 0 amide bonds. The van der Waals surface area contributed by atoms with Crippen LogP contribution in [0.25, 0.3) is 17.0 Å². The summed E-state index contributed by atoms with van der Waals surface area (Å²) in [5.41, 5.74) is 2.83. The molecule has 110 valence electrons. The minimum Gasteiger partial charge on any atom is -0.545 e. The zero-order chi connectivity index (χ0) is 15.0. The minimum atomic E-state index is -1.23. The van der Waals surface area contributed by atoms with Gasteiger partial charge in [0.15, 0.2) is 0 Å². The first-order valence-corrected chi connectivity index (χ1v) is 7.32. The fourth-order valence-electron chi connectivity index (χ4n) is 2.84. The number of aliphatic carboxylic acids is 1. The van der Waals surface area contributed by atoms with Crippen molar-refractivity contribution >= 4 is 34.6 Å². The van der Waals surface area contributed by atoms with E-state index >= 15 is 0 Å². The number of nitrogens with zero attached hydrogens (tertiary/aromatic N) is 1. The van der Waals surface area contributed by atoms with Gasteiger partial charge in [0.2, 0.25) is 0 Å². The highest BCUT2D eigenvalue weighted by atomic mass is 35.5. The van der Waals surface area contributed by atoms with Crippen LogP contribution in [0.15, 0.2) is 22.6 Å². The molecule has 2 aromatic rings. The van der Waals surface area contributed by atoms with Crippen molar-refractivity contribution in [3.8, 4) is 0 Å². The number of furan rings is 1. The smallest absolute Gasteiger partial charge is 0.135 e. The van der Waals surface area contributed by atoms with Gasteiger partial charge < -0.3 is 14.3 Å². The third kappa shape index (κ3) is 2.57. The van der Waals surface area contributed by atoms with Crippen molar-refractivity contribution in [1.29, 1.82) is 0 Å². The van der Waals surface area contributed by atoms with Crippen molar-refractivity contribution < 1.29 is 14.3 Å². The SMILES string of the molecule is CCN1CCc2c(Cl)ccc3oc(/C=C/C(=O)[O-])c(c23)C1. The van der Waals surface area contributed by atoms with Gasteiger partial charge in [0, 0.05) is 29.1 Å². The van der Waals surface area contributed by atoms with Gasteiger partial charge in [-0.15, -0.1) is 0 Å². The fraction of sp³-hybridized carbons (Fsp3) is 0.312. The lowest BCUT2D eigenvalue weighted by molar-refractivity contribution is -0.297. The molecule has 0 aliphatic carbocycles. The van der Waals surface area contributed by atoms with Crippen molar-refractivity contribution in [3.63, 3.8) is 0 Å². The largest absolute Gasteiger partial charge is 0.545 e. The Morgan fingerprint density at radius 3 is 3.00 bits per heavy atom. The lowest BCUT2D eigenvalue weighted by Crippen LogP contribution is -2.24. The van der Waals surface area contributed by atoms with Crippen LogP contribution in [-0.2, 0) is 17.8 Å². The molecule has 1 aromatic heterocycles. The van der Waals surface area contributed by atoms with E-state index in [1.807, 2.05) is 12.1 Å². The van der Waals surface area contributed by atoms with Crippen molar-refractivity contribution in [2.24, 2.45) is 0 Å². The fourth-order valence-corrected chi connectivity index (χ4v) is 3.09. The first kappa shape index (κ1) is 14.2. The maximum absolute atomic E-state index is 10.6. The molecule has 0 saturated heterocycles. The second-order valence-electron chi connectivity index (χ2n) is 5.12. The van der Waals surface area contributed by atoms with E-state index in [1.54, 1.807) is 0 Å². The van der Waals surface area contributed by atoms with Crippen LogP contribution in [0, 0.1) is 0 Å². The van der Waals surface area contributed by atoms with E-state index in [0.717, 1.165) is 59.2 Å². The summed E-state index contributed by atoms with van der Waals surface area (Å²) < 4.78 is 5.80. The first-order valence-electron chi connectivity index (χ1n) is 6.94. The molecule has 21 heavy (non-hydrogen) atoms. The number of carboxylic acids is 1. The molecule has 3 rings (SSSR count). The molecule has 4 nitrogen and oxygen atoms in total. The van der Waals surface area contributed by atoms with Crippen LogP contribution in [0.2, 0.25) is 5.02 Å². The Balaban J connectivity index is 2.21. The van der Waals surface area contributed by atoms with Gasteiger partial charge in [-0.25, -0.2) is 0 Å². The summed E-state index contributed by atoms with van der Waals surface area (Å²) in [6.45, 7) is 4.67. The van der Waals surface area contributed by atoms with Crippen LogP contribution in [0.1, 0.15) is 23.8 Å². The van der Waals surface area contributed by atoms with E-state index in [4.69, 9.17) is 16.0 Å². The molecule has 0 fully saturated rings. The monoisotopic (exact) mass is 304 g/mol. The molecule has 1 aliphatic heterocycles. The van der Waals surface area contributed by atoms with Gasteiger partial charge in [-0.05, 0) is 42.8 Å². The predicted octanol–water partition coefficient (Wildman–Crippen LogP) is 2.23. The van der Waals surface area contributed by atoms with Crippen molar-refractivity contribution in [2.75, 3.05) is 13.1 Å². The van der Waals surface area contributed by atoms with E-state index in [1.165, 1.54) is 6.08 Å². The minimum absolute atomic E-state index is 0.568. The number of hydrogen-bond acceptors (Lipinski definition) is 4. The molecule has 0 N–H and O–H groups in total. The summed E-state index contributed by atoms with van der Waals surface area (Å²) in [6, 6.07) is 3.67. The summed E-state index contributed by atoms with van der Waals surface area (Å²) in [6.07, 6.45) is 3.32. The highest BCUT2D eigenvalue weighted by molar-refractivity contribution is 6.32. The highest BCUT2D eigenvalue weighted by Gasteiger charge is 2.23. The molecule has 1 aliphatic rings.